The molecule has 0 bridgehead atoms. The van der Waals surface area contributed by atoms with E-state index in [0.717, 1.165) is 30.0 Å². The van der Waals surface area contributed by atoms with Gasteiger partial charge in [0, 0.05) is 43.5 Å². The van der Waals surface area contributed by atoms with Crippen LogP contribution >= 0.6 is 0 Å². The summed E-state index contributed by atoms with van der Waals surface area (Å²) < 4.78 is 0. The Morgan fingerprint density at radius 2 is 2.00 bits per heavy atom. The maximum Gasteiger partial charge on any atom is 0.228 e. The molecular weight excluding hydrogens is 328 g/mol. The maximum atomic E-state index is 12.8. The summed E-state index contributed by atoms with van der Waals surface area (Å²) in [5, 5.41) is 5.81. The Hall–Kier alpha value is -2.89. The van der Waals surface area contributed by atoms with E-state index < -0.39 is 5.92 Å². The number of carbonyl (C=O) groups excluding carboxylic acids is 2. The van der Waals surface area contributed by atoms with Gasteiger partial charge in [-0.1, -0.05) is 24.3 Å². The largest absolute Gasteiger partial charge is 0.357 e. The van der Waals surface area contributed by atoms with Crippen molar-refractivity contribution in [2.24, 2.45) is 0 Å². The van der Waals surface area contributed by atoms with Gasteiger partial charge in [-0.25, -0.2) is 4.98 Å². The van der Waals surface area contributed by atoms with Crippen molar-refractivity contribution in [3.63, 3.8) is 0 Å². The number of benzene rings is 1. The van der Waals surface area contributed by atoms with Crippen LogP contribution in [0.4, 0.5) is 11.5 Å². The third-order valence-corrected chi connectivity index (χ3v) is 4.70. The standard InChI is InChI=1S/C20H24N4O2/c1-3-24(4-2)19-14(8-7-11-21-19)13-22-20(26)16-12-18(25)23-17-10-6-5-9-15(16)17/h5-11,16H,3-4,12-13H2,1-2H3,(H,22,26)(H,23,25)/t16-/m0/s1. The van der Waals surface area contributed by atoms with Crippen molar-refractivity contribution in [3.8, 4) is 0 Å². The minimum Gasteiger partial charge on any atom is -0.357 e. The molecule has 0 aliphatic carbocycles. The summed E-state index contributed by atoms with van der Waals surface area (Å²) in [6.07, 6.45) is 1.93. The highest BCUT2D eigenvalue weighted by Gasteiger charge is 2.30. The van der Waals surface area contributed by atoms with Gasteiger partial charge in [-0.15, -0.1) is 0 Å². The lowest BCUT2D eigenvalue weighted by Gasteiger charge is -2.26. The summed E-state index contributed by atoms with van der Waals surface area (Å²) in [6.45, 7) is 6.25. The zero-order chi connectivity index (χ0) is 18.5. The molecule has 2 N–H and O–H groups in total. The van der Waals surface area contributed by atoms with Gasteiger partial charge in [0.25, 0.3) is 0 Å². The molecule has 0 saturated heterocycles. The molecule has 0 saturated carbocycles. The topological polar surface area (TPSA) is 74.3 Å². The Balaban J connectivity index is 1.75. The highest BCUT2D eigenvalue weighted by molar-refractivity contribution is 6.01. The number of nitrogens with one attached hydrogen (secondary N) is 2. The molecule has 26 heavy (non-hydrogen) atoms. The summed E-state index contributed by atoms with van der Waals surface area (Å²) in [5.41, 5.74) is 2.55. The van der Waals surface area contributed by atoms with Crippen LogP contribution < -0.4 is 15.5 Å². The van der Waals surface area contributed by atoms with Gasteiger partial charge in [0.1, 0.15) is 5.82 Å². The molecule has 3 rings (SSSR count). The number of hydrogen-bond donors (Lipinski definition) is 2. The maximum absolute atomic E-state index is 12.8. The summed E-state index contributed by atoms with van der Waals surface area (Å²) in [7, 11) is 0. The lowest BCUT2D eigenvalue weighted by atomic mass is 9.90. The highest BCUT2D eigenvalue weighted by Crippen LogP contribution is 2.32. The van der Waals surface area contributed by atoms with E-state index in [-0.39, 0.29) is 18.2 Å². The van der Waals surface area contributed by atoms with E-state index in [2.05, 4.69) is 34.4 Å². The molecule has 0 radical (unpaired) electrons. The molecule has 6 nitrogen and oxygen atoms in total. The van der Waals surface area contributed by atoms with Gasteiger partial charge >= 0.3 is 0 Å². The quantitative estimate of drug-likeness (QED) is 0.838. The minimum absolute atomic E-state index is 0.131. The van der Waals surface area contributed by atoms with Gasteiger partial charge in [-0.2, -0.15) is 0 Å². The zero-order valence-corrected chi connectivity index (χ0v) is 15.2. The van der Waals surface area contributed by atoms with Crippen molar-refractivity contribution in [3.05, 3.63) is 53.7 Å². The van der Waals surface area contributed by atoms with Crippen LogP contribution in [0.15, 0.2) is 42.6 Å². The van der Waals surface area contributed by atoms with Crippen LogP contribution in [0.2, 0.25) is 0 Å². The third kappa shape index (κ3) is 3.69. The predicted molar refractivity (Wildman–Crippen MR) is 102 cm³/mol. The van der Waals surface area contributed by atoms with E-state index in [1.807, 2.05) is 36.4 Å². The molecule has 0 unspecified atom stereocenters. The van der Waals surface area contributed by atoms with Gasteiger partial charge < -0.3 is 15.5 Å². The second-order valence-corrected chi connectivity index (χ2v) is 6.27. The molecule has 2 heterocycles. The van der Waals surface area contributed by atoms with Crippen LogP contribution in [0.5, 0.6) is 0 Å². The monoisotopic (exact) mass is 352 g/mol. The van der Waals surface area contributed by atoms with Crippen LogP contribution in [0, 0.1) is 0 Å². The van der Waals surface area contributed by atoms with Crippen LogP contribution in [0.1, 0.15) is 37.3 Å². The van der Waals surface area contributed by atoms with E-state index in [9.17, 15) is 9.59 Å². The number of carbonyl (C=O) groups is 2. The molecule has 136 valence electrons. The van der Waals surface area contributed by atoms with E-state index in [4.69, 9.17) is 0 Å². The number of anilines is 2. The van der Waals surface area contributed by atoms with Crippen LogP contribution in [-0.2, 0) is 16.1 Å². The van der Waals surface area contributed by atoms with E-state index in [0.29, 0.717) is 12.2 Å². The van der Waals surface area contributed by atoms with Crippen molar-refractivity contribution < 1.29 is 9.59 Å². The molecular formula is C20H24N4O2. The zero-order valence-electron chi connectivity index (χ0n) is 15.2. The summed E-state index contributed by atoms with van der Waals surface area (Å²) in [4.78, 5) is 31.3. The SMILES string of the molecule is CCN(CC)c1ncccc1CNC(=O)[C@H]1CC(=O)Nc2ccccc21. The van der Waals surface area contributed by atoms with Crippen LogP contribution in [0.3, 0.4) is 0 Å². The van der Waals surface area contributed by atoms with E-state index >= 15 is 0 Å². The van der Waals surface area contributed by atoms with Crippen molar-refractivity contribution >= 4 is 23.3 Å². The van der Waals surface area contributed by atoms with E-state index in [1.165, 1.54) is 0 Å². The highest BCUT2D eigenvalue weighted by atomic mass is 16.2. The first-order valence-corrected chi connectivity index (χ1v) is 8.99. The molecule has 6 heteroatoms. The first kappa shape index (κ1) is 17.9. The number of hydrogen-bond acceptors (Lipinski definition) is 4. The summed E-state index contributed by atoms with van der Waals surface area (Å²) in [6, 6.07) is 11.3. The van der Waals surface area contributed by atoms with Crippen molar-refractivity contribution in [2.75, 3.05) is 23.3 Å². The molecule has 1 aromatic carbocycles. The van der Waals surface area contributed by atoms with Gasteiger partial charge in [0.2, 0.25) is 11.8 Å². The second kappa shape index (κ2) is 7.99. The lowest BCUT2D eigenvalue weighted by molar-refractivity contribution is -0.126. The Morgan fingerprint density at radius 1 is 1.23 bits per heavy atom. The fourth-order valence-corrected chi connectivity index (χ4v) is 3.33. The Bertz CT molecular complexity index is 802. The first-order valence-electron chi connectivity index (χ1n) is 8.99. The average Bonchev–Trinajstić information content (AvgIpc) is 2.67. The van der Waals surface area contributed by atoms with Crippen LogP contribution in [-0.4, -0.2) is 29.9 Å². The van der Waals surface area contributed by atoms with Crippen LogP contribution in [0.25, 0.3) is 0 Å². The fraction of sp³-hybridized carbons (Fsp3) is 0.350. The van der Waals surface area contributed by atoms with Gasteiger partial charge in [-0.05, 0) is 31.5 Å². The number of nitrogens with zero attached hydrogens (tertiary/aromatic N) is 2. The normalized spacial score (nSPS) is 15.8. The van der Waals surface area contributed by atoms with E-state index in [1.54, 1.807) is 6.20 Å². The smallest absolute Gasteiger partial charge is 0.228 e. The molecule has 0 fully saturated rings. The minimum atomic E-state index is -0.464. The molecule has 1 aliphatic rings. The third-order valence-electron chi connectivity index (χ3n) is 4.70. The number of fused-ring (bicyclic) bond motifs is 1. The fourth-order valence-electron chi connectivity index (χ4n) is 3.33. The van der Waals surface area contributed by atoms with Crippen molar-refractivity contribution in [2.45, 2.75) is 32.7 Å². The number of amides is 2. The number of aromatic nitrogens is 1. The van der Waals surface area contributed by atoms with Gasteiger partial charge in [0.15, 0.2) is 0 Å². The molecule has 1 aliphatic heterocycles. The molecule has 1 aromatic heterocycles. The molecule has 1 atom stereocenters. The predicted octanol–water partition coefficient (Wildman–Crippen LogP) is 2.67. The first-order chi connectivity index (χ1) is 12.6. The van der Waals surface area contributed by atoms with Gasteiger partial charge in [-0.3, -0.25) is 9.59 Å². The average molecular weight is 352 g/mol. The lowest BCUT2D eigenvalue weighted by Crippen LogP contribution is -2.35. The Morgan fingerprint density at radius 3 is 2.77 bits per heavy atom. The molecule has 2 amide bonds. The summed E-state index contributed by atoms with van der Waals surface area (Å²) >= 11 is 0. The Labute approximate surface area is 153 Å². The van der Waals surface area contributed by atoms with Crippen molar-refractivity contribution in [1.29, 1.82) is 0 Å². The number of para-hydroxylation sites is 1. The van der Waals surface area contributed by atoms with Crippen molar-refractivity contribution in [1.82, 2.24) is 10.3 Å². The number of pyridine rings is 1. The Kier molecular flexibility index (Phi) is 5.51. The second-order valence-electron chi connectivity index (χ2n) is 6.27. The molecule has 0 spiro atoms. The number of rotatable bonds is 6. The van der Waals surface area contributed by atoms with Gasteiger partial charge in [0.05, 0.1) is 5.92 Å². The molecule has 2 aromatic rings. The summed E-state index contributed by atoms with van der Waals surface area (Å²) in [5.74, 6) is 0.156.